The van der Waals surface area contributed by atoms with E-state index in [9.17, 15) is 0 Å². The van der Waals surface area contributed by atoms with Gasteiger partial charge in [-0.05, 0) is 12.8 Å². The van der Waals surface area contributed by atoms with Crippen LogP contribution in [0.4, 0.5) is 0 Å². The summed E-state index contributed by atoms with van der Waals surface area (Å²) in [4.78, 5) is 0. The van der Waals surface area contributed by atoms with Crippen molar-refractivity contribution in [3.63, 3.8) is 0 Å². The molecular formula is C13H30O6. The van der Waals surface area contributed by atoms with Crippen molar-refractivity contribution >= 4 is 0 Å². The Hall–Kier alpha value is -0.240. The Morgan fingerprint density at radius 3 is 1.74 bits per heavy atom. The SMILES string of the molecule is CCCOC(CC)COCCO.OCCOCCO. The van der Waals surface area contributed by atoms with Gasteiger partial charge in [0, 0.05) is 6.61 Å². The molecule has 118 valence electrons. The van der Waals surface area contributed by atoms with Gasteiger partial charge in [-0.2, -0.15) is 0 Å². The molecule has 0 spiro atoms. The Kier molecular flexibility index (Phi) is 22.3. The van der Waals surface area contributed by atoms with E-state index in [2.05, 4.69) is 18.6 Å². The quantitative estimate of drug-likeness (QED) is 0.443. The van der Waals surface area contributed by atoms with Crippen molar-refractivity contribution in [1.29, 1.82) is 0 Å². The lowest BCUT2D eigenvalue weighted by Gasteiger charge is -2.15. The first-order valence-corrected chi connectivity index (χ1v) is 6.86. The molecule has 0 radical (unpaired) electrons. The lowest BCUT2D eigenvalue weighted by molar-refractivity contribution is -0.0248. The molecule has 1 atom stereocenters. The maximum atomic E-state index is 8.46. The van der Waals surface area contributed by atoms with Gasteiger partial charge in [0.15, 0.2) is 0 Å². The molecule has 0 aliphatic heterocycles. The molecule has 0 aromatic rings. The third-order valence-corrected chi connectivity index (χ3v) is 2.02. The van der Waals surface area contributed by atoms with Gasteiger partial charge >= 0.3 is 0 Å². The van der Waals surface area contributed by atoms with Gasteiger partial charge in [0.05, 0.1) is 52.4 Å². The van der Waals surface area contributed by atoms with Crippen LogP contribution in [0.15, 0.2) is 0 Å². The van der Waals surface area contributed by atoms with E-state index >= 15 is 0 Å². The molecule has 0 aliphatic carbocycles. The molecule has 0 aliphatic rings. The van der Waals surface area contributed by atoms with Gasteiger partial charge < -0.3 is 29.5 Å². The number of ether oxygens (including phenoxy) is 3. The zero-order valence-electron chi connectivity index (χ0n) is 12.2. The third kappa shape index (κ3) is 20.2. The maximum Gasteiger partial charge on any atom is 0.0805 e. The van der Waals surface area contributed by atoms with Crippen LogP contribution in [-0.4, -0.2) is 74.3 Å². The number of rotatable bonds is 12. The molecule has 6 heteroatoms. The van der Waals surface area contributed by atoms with Crippen molar-refractivity contribution < 1.29 is 29.5 Å². The molecule has 0 saturated carbocycles. The fourth-order valence-electron chi connectivity index (χ4n) is 1.08. The first kappa shape index (κ1) is 21.1. The molecule has 0 aromatic heterocycles. The lowest BCUT2D eigenvalue weighted by Crippen LogP contribution is -2.20. The standard InChI is InChI=1S/C9H20O3.C4H10O3/c1-3-6-12-9(4-2)8-11-7-5-10;5-1-3-7-4-2-6/h9-10H,3-8H2,1-2H3;5-6H,1-4H2. The van der Waals surface area contributed by atoms with Crippen LogP contribution in [0.1, 0.15) is 26.7 Å². The lowest BCUT2D eigenvalue weighted by atomic mass is 10.3. The first-order chi connectivity index (χ1) is 9.26. The van der Waals surface area contributed by atoms with Gasteiger partial charge in [0.2, 0.25) is 0 Å². The molecule has 0 amide bonds. The van der Waals surface area contributed by atoms with E-state index in [1.54, 1.807) is 0 Å². The normalized spacial score (nSPS) is 11.8. The molecule has 0 rings (SSSR count). The molecule has 3 N–H and O–H groups in total. The van der Waals surface area contributed by atoms with Crippen molar-refractivity contribution in [2.24, 2.45) is 0 Å². The number of hydrogen-bond acceptors (Lipinski definition) is 6. The Balaban J connectivity index is 0. The van der Waals surface area contributed by atoms with Gasteiger partial charge in [-0.25, -0.2) is 0 Å². The van der Waals surface area contributed by atoms with Crippen molar-refractivity contribution in [1.82, 2.24) is 0 Å². The highest BCUT2D eigenvalue weighted by atomic mass is 16.5. The summed E-state index contributed by atoms with van der Waals surface area (Å²) >= 11 is 0. The van der Waals surface area contributed by atoms with Crippen LogP contribution >= 0.6 is 0 Å². The fourth-order valence-corrected chi connectivity index (χ4v) is 1.08. The summed E-state index contributed by atoms with van der Waals surface area (Å²) in [5.41, 5.74) is 0. The summed E-state index contributed by atoms with van der Waals surface area (Å²) in [7, 11) is 0. The van der Waals surface area contributed by atoms with E-state index in [0.29, 0.717) is 26.4 Å². The van der Waals surface area contributed by atoms with Gasteiger partial charge in [0.1, 0.15) is 0 Å². The molecule has 0 bridgehead atoms. The summed E-state index contributed by atoms with van der Waals surface area (Å²) < 4.78 is 15.3. The van der Waals surface area contributed by atoms with Crippen LogP contribution in [0.2, 0.25) is 0 Å². The minimum atomic E-state index is 0.0278. The summed E-state index contributed by atoms with van der Waals surface area (Å²) in [5.74, 6) is 0. The van der Waals surface area contributed by atoms with Gasteiger partial charge in [-0.1, -0.05) is 13.8 Å². The number of aliphatic hydroxyl groups excluding tert-OH is 3. The molecule has 0 fully saturated rings. The zero-order chi connectivity index (χ0) is 14.8. The molecule has 0 heterocycles. The van der Waals surface area contributed by atoms with Crippen molar-refractivity contribution in [3.05, 3.63) is 0 Å². The molecule has 19 heavy (non-hydrogen) atoms. The van der Waals surface area contributed by atoms with E-state index in [1.807, 2.05) is 0 Å². The van der Waals surface area contributed by atoms with Crippen molar-refractivity contribution in [2.45, 2.75) is 32.8 Å². The average molecular weight is 282 g/mol. The van der Waals surface area contributed by atoms with Crippen LogP contribution in [0, 0.1) is 0 Å². The second-order valence-electron chi connectivity index (χ2n) is 3.76. The highest BCUT2D eigenvalue weighted by molar-refractivity contribution is 4.52. The highest BCUT2D eigenvalue weighted by Gasteiger charge is 2.04. The number of aliphatic hydroxyl groups is 3. The number of hydrogen-bond donors (Lipinski definition) is 3. The van der Waals surface area contributed by atoms with Gasteiger partial charge in [0.25, 0.3) is 0 Å². The maximum absolute atomic E-state index is 8.46. The molecule has 0 aromatic carbocycles. The summed E-state index contributed by atoms with van der Waals surface area (Å²) in [6, 6.07) is 0. The first-order valence-electron chi connectivity index (χ1n) is 6.86. The van der Waals surface area contributed by atoms with E-state index in [1.165, 1.54) is 0 Å². The fraction of sp³-hybridized carbons (Fsp3) is 1.00. The molecule has 0 saturated heterocycles. The smallest absolute Gasteiger partial charge is 0.0805 e. The zero-order valence-corrected chi connectivity index (χ0v) is 12.2. The van der Waals surface area contributed by atoms with E-state index in [-0.39, 0.29) is 25.9 Å². The monoisotopic (exact) mass is 282 g/mol. The van der Waals surface area contributed by atoms with Crippen molar-refractivity contribution in [2.75, 3.05) is 52.9 Å². The second kappa shape index (κ2) is 20.1. The summed E-state index contributed by atoms with van der Waals surface area (Å²) in [6.07, 6.45) is 2.19. The second-order valence-corrected chi connectivity index (χ2v) is 3.76. The predicted molar refractivity (Wildman–Crippen MR) is 73.2 cm³/mol. The van der Waals surface area contributed by atoms with Gasteiger partial charge in [-0.15, -0.1) is 0 Å². The van der Waals surface area contributed by atoms with Crippen LogP contribution in [0.3, 0.4) is 0 Å². The van der Waals surface area contributed by atoms with Crippen LogP contribution in [0.25, 0.3) is 0 Å². The van der Waals surface area contributed by atoms with E-state index in [4.69, 9.17) is 24.8 Å². The minimum absolute atomic E-state index is 0.0278. The summed E-state index contributed by atoms with van der Waals surface area (Å²) in [5, 5.41) is 24.6. The molecule has 1 unspecified atom stereocenters. The van der Waals surface area contributed by atoms with E-state index in [0.717, 1.165) is 19.4 Å². The Morgan fingerprint density at radius 2 is 1.32 bits per heavy atom. The van der Waals surface area contributed by atoms with Crippen LogP contribution in [0.5, 0.6) is 0 Å². The highest BCUT2D eigenvalue weighted by Crippen LogP contribution is 1.99. The van der Waals surface area contributed by atoms with Crippen molar-refractivity contribution in [3.8, 4) is 0 Å². The largest absolute Gasteiger partial charge is 0.394 e. The Labute approximate surface area is 116 Å². The predicted octanol–water partition coefficient (Wildman–Crippen LogP) is 0.188. The van der Waals surface area contributed by atoms with Crippen LogP contribution < -0.4 is 0 Å². The third-order valence-electron chi connectivity index (χ3n) is 2.02. The average Bonchev–Trinajstić information content (AvgIpc) is 2.44. The molecular weight excluding hydrogens is 252 g/mol. The Morgan fingerprint density at radius 1 is 0.789 bits per heavy atom. The topological polar surface area (TPSA) is 88.4 Å². The van der Waals surface area contributed by atoms with E-state index < -0.39 is 0 Å². The summed E-state index contributed by atoms with van der Waals surface area (Å²) in [6.45, 7) is 6.74. The minimum Gasteiger partial charge on any atom is -0.394 e. The Bertz CT molecular complexity index is 141. The van der Waals surface area contributed by atoms with Crippen LogP contribution in [-0.2, 0) is 14.2 Å². The molecule has 6 nitrogen and oxygen atoms in total. The van der Waals surface area contributed by atoms with Gasteiger partial charge in [-0.3, -0.25) is 0 Å².